The molecule has 0 aromatic heterocycles. The molecular formula is C20H21NO6S. The molecule has 0 spiro atoms. The van der Waals surface area contributed by atoms with Gasteiger partial charge in [-0.1, -0.05) is 18.2 Å². The van der Waals surface area contributed by atoms with Crippen LogP contribution in [0.1, 0.15) is 35.3 Å². The molecule has 8 heteroatoms. The van der Waals surface area contributed by atoms with Crippen LogP contribution in [-0.4, -0.2) is 43.3 Å². The van der Waals surface area contributed by atoms with Crippen LogP contribution in [0, 0.1) is 0 Å². The van der Waals surface area contributed by atoms with Crippen LogP contribution in [0.2, 0.25) is 0 Å². The largest absolute Gasteiger partial charge is 0.497 e. The Morgan fingerprint density at radius 1 is 1.07 bits per heavy atom. The van der Waals surface area contributed by atoms with E-state index in [0.717, 1.165) is 5.56 Å². The minimum Gasteiger partial charge on any atom is -0.497 e. The van der Waals surface area contributed by atoms with E-state index in [0.29, 0.717) is 23.3 Å². The number of methoxy groups -OCH3 is 1. The van der Waals surface area contributed by atoms with Crippen LogP contribution in [0.4, 0.5) is 0 Å². The van der Waals surface area contributed by atoms with Crippen LogP contribution in [-0.2, 0) is 26.7 Å². The summed E-state index contributed by atoms with van der Waals surface area (Å²) in [5.74, 6) is -0.129. The number of rotatable bonds is 5. The van der Waals surface area contributed by atoms with Crippen molar-refractivity contribution in [2.24, 2.45) is 0 Å². The van der Waals surface area contributed by atoms with Crippen LogP contribution < -0.4 is 4.74 Å². The fraction of sp³-hybridized carbons (Fsp3) is 0.300. The normalized spacial score (nSPS) is 16.1. The van der Waals surface area contributed by atoms with Crippen molar-refractivity contribution in [1.29, 1.82) is 0 Å². The molecule has 2 aromatic rings. The van der Waals surface area contributed by atoms with Gasteiger partial charge in [0, 0.05) is 12.1 Å². The summed E-state index contributed by atoms with van der Waals surface area (Å²) >= 11 is 0. The third-order valence-electron chi connectivity index (χ3n) is 5.00. The predicted octanol–water partition coefficient (Wildman–Crippen LogP) is 2.44. The lowest BCUT2D eigenvalue weighted by atomic mass is 9.77. The topological polar surface area (TPSA) is 101 Å². The standard InChI is InChI=1S/C20H21NO6S/c1-20(2)17-9-6-14(27-3)12-16(17)18(22)21(19(20)23)11-10-13-4-7-15(8-5-13)28(24,25)26/h4-9,12H,10-11H2,1-3H3,(H,24,25,26). The van der Waals surface area contributed by atoms with E-state index in [9.17, 15) is 18.0 Å². The Balaban J connectivity index is 1.86. The summed E-state index contributed by atoms with van der Waals surface area (Å²) in [4.78, 5) is 26.9. The highest BCUT2D eigenvalue weighted by Gasteiger charge is 2.44. The molecule has 0 radical (unpaired) electrons. The molecule has 0 bridgehead atoms. The zero-order chi connectivity index (χ0) is 20.7. The molecule has 0 fully saturated rings. The highest BCUT2D eigenvalue weighted by atomic mass is 32.2. The molecule has 7 nitrogen and oxygen atoms in total. The van der Waals surface area contributed by atoms with Crippen molar-refractivity contribution in [3.63, 3.8) is 0 Å². The summed E-state index contributed by atoms with van der Waals surface area (Å²) < 4.78 is 36.5. The lowest BCUT2D eigenvalue weighted by molar-refractivity contribution is -0.134. The van der Waals surface area contributed by atoms with Gasteiger partial charge in [0.25, 0.3) is 16.0 Å². The molecule has 1 aliphatic heterocycles. The maximum atomic E-state index is 12.9. The van der Waals surface area contributed by atoms with Gasteiger partial charge in [-0.3, -0.25) is 19.0 Å². The first-order valence-electron chi connectivity index (χ1n) is 8.67. The molecule has 2 amide bonds. The molecule has 0 atom stereocenters. The van der Waals surface area contributed by atoms with Crippen LogP contribution in [0.15, 0.2) is 47.4 Å². The maximum absolute atomic E-state index is 12.9. The van der Waals surface area contributed by atoms with Gasteiger partial charge in [0.15, 0.2) is 0 Å². The Kier molecular flexibility index (Phi) is 5.03. The lowest BCUT2D eigenvalue weighted by Gasteiger charge is -2.37. The van der Waals surface area contributed by atoms with E-state index < -0.39 is 15.5 Å². The molecule has 0 saturated heterocycles. The Bertz CT molecular complexity index is 1040. The van der Waals surface area contributed by atoms with E-state index in [-0.39, 0.29) is 23.3 Å². The quantitative estimate of drug-likeness (QED) is 0.608. The second-order valence-corrected chi connectivity index (χ2v) is 8.59. The zero-order valence-electron chi connectivity index (χ0n) is 15.8. The molecule has 148 valence electrons. The lowest BCUT2D eigenvalue weighted by Crippen LogP contribution is -2.52. The molecule has 28 heavy (non-hydrogen) atoms. The van der Waals surface area contributed by atoms with E-state index in [2.05, 4.69) is 0 Å². The van der Waals surface area contributed by atoms with Gasteiger partial charge in [-0.2, -0.15) is 8.42 Å². The van der Waals surface area contributed by atoms with Crippen LogP contribution >= 0.6 is 0 Å². The van der Waals surface area contributed by atoms with Gasteiger partial charge in [0.2, 0.25) is 5.91 Å². The SMILES string of the molecule is COc1ccc2c(c1)C(=O)N(CCc1ccc(S(=O)(=O)O)cc1)C(=O)C2(C)C. The van der Waals surface area contributed by atoms with Crippen molar-refractivity contribution in [3.05, 3.63) is 59.2 Å². The number of ether oxygens (including phenoxy) is 1. The summed E-state index contributed by atoms with van der Waals surface area (Å²) in [5.41, 5.74) is 0.981. The fourth-order valence-electron chi connectivity index (χ4n) is 3.33. The fourth-order valence-corrected chi connectivity index (χ4v) is 3.81. The van der Waals surface area contributed by atoms with Gasteiger partial charge < -0.3 is 4.74 Å². The Hall–Kier alpha value is -2.71. The smallest absolute Gasteiger partial charge is 0.294 e. The number of benzene rings is 2. The number of carbonyl (C=O) groups is 2. The summed E-state index contributed by atoms with van der Waals surface area (Å²) in [5, 5.41) is 0. The van der Waals surface area contributed by atoms with Crippen molar-refractivity contribution in [2.45, 2.75) is 30.6 Å². The average molecular weight is 403 g/mol. The first kappa shape index (κ1) is 20.0. The summed E-state index contributed by atoms with van der Waals surface area (Å²) in [6.45, 7) is 3.71. The third-order valence-corrected chi connectivity index (χ3v) is 5.87. The predicted molar refractivity (Wildman–Crippen MR) is 102 cm³/mol. The summed E-state index contributed by atoms with van der Waals surface area (Å²) in [6, 6.07) is 10.8. The first-order valence-corrected chi connectivity index (χ1v) is 10.1. The number of nitrogens with zero attached hydrogens (tertiary/aromatic N) is 1. The highest BCUT2D eigenvalue weighted by molar-refractivity contribution is 7.85. The number of fused-ring (bicyclic) bond motifs is 1. The molecule has 1 aliphatic rings. The van der Waals surface area contributed by atoms with Crippen molar-refractivity contribution in [1.82, 2.24) is 4.90 Å². The number of amides is 2. The van der Waals surface area contributed by atoms with Crippen molar-refractivity contribution >= 4 is 21.9 Å². The van der Waals surface area contributed by atoms with E-state index in [1.165, 1.54) is 24.1 Å². The Morgan fingerprint density at radius 3 is 2.29 bits per heavy atom. The van der Waals surface area contributed by atoms with Crippen LogP contribution in [0.3, 0.4) is 0 Å². The monoisotopic (exact) mass is 403 g/mol. The van der Waals surface area contributed by atoms with Gasteiger partial charge >= 0.3 is 0 Å². The van der Waals surface area contributed by atoms with Crippen LogP contribution in [0.5, 0.6) is 5.75 Å². The molecule has 0 saturated carbocycles. The molecule has 1 heterocycles. The molecular weight excluding hydrogens is 382 g/mol. The van der Waals surface area contributed by atoms with Gasteiger partial charge in [-0.05, 0) is 55.7 Å². The van der Waals surface area contributed by atoms with E-state index in [4.69, 9.17) is 9.29 Å². The van der Waals surface area contributed by atoms with Crippen molar-refractivity contribution < 1.29 is 27.3 Å². The van der Waals surface area contributed by atoms with Gasteiger partial charge in [0.05, 0.1) is 17.4 Å². The van der Waals surface area contributed by atoms with Crippen molar-refractivity contribution in [3.8, 4) is 5.75 Å². The third kappa shape index (κ3) is 3.53. The number of imide groups is 1. The van der Waals surface area contributed by atoms with Crippen molar-refractivity contribution in [2.75, 3.05) is 13.7 Å². The Labute approximate surface area is 163 Å². The summed E-state index contributed by atoms with van der Waals surface area (Å²) in [7, 11) is -2.75. The number of hydrogen-bond donors (Lipinski definition) is 1. The van der Waals surface area contributed by atoms with Gasteiger partial charge in [0.1, 0.15) is 5.75 Å². The maximum Gasteiger partial charge on any atom is 0.294 e. The molecule has 3 rings (SSSR count). The number of hydrogen-bond acceptors (Lipinski definition) is 5. The van der Waals surface area contributed by atoms with E-state index in [1.54, 1.807) is 44.2 Å². The second-order valence-electron chi connectivity index (χ2n) is 7.17. The van der Waals surface area contributed by atoms with E-state index in [1.807, 2.05) is 0 Å². The summed E-state index contributed by atoms with van der Waals surface area (Å²) in [6.07, 6.45) is 0.360. The number of carbonyl (C=O) groups excluding carboxylic acids is 2. The zero-order valence-corrected chi connectivity index (χ0v) is 16.6. The average Bonchev–Trinajstić information content (AvgIpc) is 2.66. The van der Waals surface area contributed by atoms with Gasteiger partial charge in [-0.25, -0.2) is 0 Å². The highest BCUT2D eigenvalue weighted by Crippen LogP contribution is 2.36. The van der Waals surface area contributed by atoms with E-state index >= 15 is 0 Å². The minimum atomic E-state index is -4.26. The minimum absolute atomic E-state index is 0.156. The second kappa shape index (κ2) is 7.03. The van der Waals surface area contributed by atoms with Gasteiger partial charge in [-0.15, -0.1) is 0 Å². The Morgan fingerprint density at radius 2 is 1.71 bits per heavy atom. The molecule has 0 aliphatic carbocycles. The molecule has 0 unspecified atom stereocenters. The van der Waals surface area contributed by atoms with Crippen LogP contribution in [0.25, 0.3) is 0 Å². The molecule has 1 N–H and O–H groups in total. The molecule has 2 aromatic carbocycles. The first-order chi connectivity index (χ1) is 13.1.